The van der Waals surface area contributed by atoms with Crippen LogP contribution in [0.2, 0.25) is 0 Å². The molecule has 4 nitrogen and oxygen atoms in total. The highest BCUT2D eigenvalue weighted by atomic mass is 16.1. The molecule has 1 aromatic rings. The Hall–Kier alpha value is -1.32. The van der Waals surface area contributed by atoms with Gasteiger partial charge in [-0.3, -0.25) is 4.57 Å². The van der Waals surface area contributed by atoms with Crippen molar-refractivity contribution < 1.29 is 0 Å². The molecule has 0 aliphatic carbocycles. The fraction of sp³-hybridized carbons (Fsp3) is 0.200. The predicted octanol–water partition coefficient (Wildman–Crippen LogP) is -0.249. The van der Waals surface area contributed by atoms with E-state index in [4.69, 9.17) is 0 Å². The summed E-state index contributed by atoms with van der Waals surface area (Å²) < 4.78 is 1.38. The first-order chi connectivity index (χ1) is 4.25. The molecule has 0 amide bonds. The smallest absolute Gasteiger partial charge is 0.279 e. The molecule has 0 atom stereocenters. The molecule has 0 spiro atoms. The monoisotopic (exact) mass is 125 g/mol. The molecular weight excluding hydrogens is 118 g/mol. The lowest BCUT2D eigenvalue weighted by atomic mass is 10.6. The van der Waals surface area contributed by atoms with E-state index in [0.717, 1.165) is 0 Å². The van der Waals surface area contributed by atoms with Crippen LogP contribution in [0, 0.1) is 0 Å². The molecule has 0 bridgehead atoms. The summed E-state index contributed by atoms with van der Waals surface area (Å²) in [6, 6.07) is 0. The zero-order chi connectivity index (χ0) is 6.85. The third-order valence-electron chi connectivity index (χ3n) is 1.10. The van der Waals surface area contributed by atoms with Crippen LogP contribution in [0.1, 0.15) is 5.82 Å². The van der Waals surface area contributed by atoms with Crippen molar-refractivity contribution >= 4 is 6.08 Å². The van der Waals surface area contributed by atoms with Crippen molar-refractivity contribution in [2.24, 2.45) is 7.05 Å². The molecule has 0 saturated carbocycles. The van der Waals surface area contributed by atoms with E-state index >= 15 is 0 Å². The Morgan fingerprint density at radius 2 is 2.56 bits per heavy atom. The molecule has 0 fully saturated rings. The number of hydrogen-bond acceptors (Lipinski definition) is 2. The van der Waals surface area contributed by atoms with Gasteiger partial charge in [-0.2, -0.15) is 5.10 Å². The van der Waals surface area contributed by atoms with Crippen LogP contribution in [0.15, 0.2) is 11.4 Å². The van der Waals surface area contributed by atoms with Crippen LogP contribution >= 0.6 is 0 Å². The van der Waals surface area contributed by atoms with Gasteiger partial charge in [0.1, 0.15) is 0 Å². The maximum Gasteiger partial charge on any atom is 0.343 e. The van der Waals surface area contributed by atoms with Gasteiger partial charge in [0, 0.05) is 7.05 Å². The Balaban J connectivity index is 3.35. The largest absolute Gasteiger partial charge is 0.343 e. The molecule has 1 N–H and O–H groups in total. The van der Waals surface area contributed by atoms with Gasteiger partial charge < -0.3 is 0 Å². The zero-order valence-corrected chi connectivity index (χ0v) is 5.09. The molecule has 9 heavy (non-hydrogen) atoms. The highest BCUT2D eigenvalue weighted by molar-refractivity contribution is 5.34. The Morgan fingerprint density at radius 1 is 1.89 bits per heavy atom. The van der Waals surface area contributed by atoms with Gasteiger partial charge in [-0.25, -0.2) is 9.89 Å². The van der Waals surface area contributed by atoms with E-state index in [1.165, 1.54) is 10.6 Å². The lowest BCUT2D eigenvalue weighted by Gasteiger charge is -1.85. The summed E-state index contributed by atoms with van der Waals surface area (Å²) in [5.41, 5.74) is -0.218. The predicted molar refractivity (Wildman–Crippen MR) is 33.9 cm³/mol. The number of nitrogens with one attached hydrogen (secondary N) is 1. The SMILES string of the molecule is C=Cc1n[nH]c(=O)n1C. The third-order valence-corrected chi connectivity index (χ3v) is 1.10. The van der Waals surface area contributed by atoms with Crippen LogP contribution in [0.5, 0.6) is 0 Å². The summed E-state index contributed by atoms with van der Waals surface area (Å²) in [6.45, 7) is 3.46. The molecule has 0 saturated heterocycles. The number of aromatic nitrogens is 3. The average molecular weight is 125 g/mol. The Kier molecular flexibility index (Phi) is 1.22. The first-order valence-electron chi connectivity index (χ1n) is 2.49. The van der Waals surface area contributed by atoms with Crippen LogP contribution in [0.3, 0.4) is 0 Å². The van der Waals surface area contributed by atoms with Crippen molar-refractivity contribution in [1.29, 1.82) is 0 Å². The van der Waals surface area contributed by atoms with Gasteiger partial charge >= 0.3 is 5.69 Å². The quantitative estimate of drug-likeness (QED) is 0.562. The Labute approximate surface area is 51.8 Å². The molecule has 0 radical (unpaired) electrons. The van der Waals surface area contributed by atoms with Crippen molar-refractivity contribution in [3.63, 3.8) is 0 Å². The lowest BCUT2D eigenvalue weighted by Crippen LogP contribution is -2.13. The summed E-state index contributed by atoms with van der Waals surface area (Å²) in [7, 11) is 1.63. The summed E-state index contributed by atoms with van der Waals surface area (Å²) in [4.78, 5) is 10.6. The molecule has 1 rings (SSSR count). The molecule has 0 unspecified atom stereocenters. The molecule has 0 aliphatic heterocycles. The molecule has 0 aromatic carbocycles. The van der Waals surface area contributed by atoms with E-state index in [-0.39, 0.29) is 5.69 Å². The minimum Gasteiger partial charge on any atom is -0.279 e. The fourth-order valence-corrected chi connectivity index (χ4v) is 0.542. The second kappa shape index (κ2) is 1.89. The normalized spacial score (nSPS) is 9.44. The summed E-state index contributed by atoms with van der Waals surface area (Å²) in [5, 5.41) is 5.92. The lowest BCUT2D eigenvalue weighted by molar-refractivity contribution is 0.852. The van der Waals surface area contributed by atoms with Crippen LogP contribution in [0.25, 0.3) is 6.08 Å². The first kappa shape index (κ1) is 5.81. The zero-order valence-electron chi connectivity index (χ0n) is 5.09. The average Bonchev–Trinajstić information content (AvgIpc) is 2.15. The standard InChI is InChI=1S/C5H7N3O/c1-3-4-6-7-5(9)8(4)2/h3H,1H2,2H3,(H,7,9). The third kappa shape index (κ3) is 0.782. The van der Waals surface area contributed by atoms with E-state index in [2.05, 4.69) is 16.8 Å². The summed E-state index contributed by atoms with van der Waals surface area (Å²) >= 11 is 0. The number of nitrogens with zero attached hydrogens (tertiary/aromatic N) is 2. The summed E-state index contributed by atoms with van der Waals surface area (Å²) in [5.74, 6) is 0.556. The second-order valence-electron chi connectivity index (χ2n) is 1.65. The topological polar surface area (TPSA) is 50.7 Å². The van der Waals surface area contributed by atoms with Crippen LogP contribution in [-0.2, 0) is 7.05 Å². The highest BCUT2D eigenvalue weighted by Crippen LogP contribution is 1.85. The van der Waals surface area contributed by atoms with E-state index in [1.54, 1.807) is 7.05 Å². The van der Waals surface area contributed by atoms with E-state index in [1.807, 2.05) is 0 Å². The number of rotatable bonds is 1. The summed E-state index contributed by atoms with van der Waals surface area (Å²) in [6.07, 6.45) is 1.51. The minimum atomic E-state index is -0.218. The Bertz CT molecular complexity index is 270. The maximum absolute atomic E-state index is 10.6. The van der Waals surface area contributed by atoms with E-state index in [0.29, 0.717) is 5.82 Å². The van der Waals surface area contributed by atoms with Crippen molar-refractivity contribution in [2.45, 2.75) is 0 Å². The number of H-pyrrole nitrogens is 1. The van der Waals surface area contributed by atoms with Crippen molar-refractivity contribution in [3.05, 3.63) is 22.9 Å². The first-order valence-corrected chi connectivity index (χ1v) is 2.49. The van der Waals surface area contributed by atoms with Gasteiger partial charge in [-0.05, 0) is 6.08 Å². The molecule has 1 aromatic heterocycles. The van der Waals surface area contributed by atoms with E-state index < -0.39 is 0 Å². The fourth-order valence-electron chi connectivity index (χ4n) is 0.542. The van der Waals surface area contributed by atoms with Crippen molar-refractivity contribution in [2.75, 3.05) is 0 Å². The van der Waals surface area contributed by atoms with E-state index in [9.17, 15) is 4.79 Å². The van der Waals surface area contributed by atoms with Crippen molar-refractivity contribution in [1.82, 2.24) is 14.8 Å². The van der Waals surface area contributed by atoms with Gasteiger partial charge in [0.15, 0.2) is 5.82 Å². The van der Waals surface area contributed by atoms with Crippen molar-refractivity contribution in [3.8, 4) is 0 Å². The highest BCUT2D eigenvalue weighted by Gasteiger charge is 1.95. The van der Waals surface area contributed by atoms with Gasteiger partial charge in [0.2, 0.25) is 0 Å². The van der Waals surface area contributed by atoms with Gasteiger partial charge in [-0.15, -0.1) is 0 Å². The van der Waals surface area contributed by atoms with Gasteiger partial charge in [0.25, 0.3) is 0 Å². The van der Waals surface area contributed by atoms with Crippen LogP contribution < -0.4 is 5.69 Å². The number of aromatic amines is 1. The molecule has 48 valence electrons. The van der Waals surface area contributed by atoms with Crippen LogP contribution in [0.4, 0.5) is 0 Å². The van der Waals surface area contributed by atoms with Crippen LogP contribution in [-0.4, -0.2) is 14.8 Å². The maximum atomic E-state index is 10.6. The minimum absolute atomic E-state index is 0.218. The molecule has 0 aliphatic rings. The Morgan fingerprint density at radius 3 is 2.78 bits per heavy atom. The molecule has 4 heteroatoms. The second-order valence-corrected chi connectivity index (χ2v) is 1.65. The molecular formula is C5H7N3O. The molecule has 1 heterocycles. The number of hydrogen-bond donors (Lipinski definition) is 1. The van der Waals surface area contributed by atoms with Gasteiger partial charge in [0.05, 0.1) is 0 Å². The van der Waals surface area contributed by atoms with Gasteiger partial charge in [-0.1, -0.05) is 6.58 Å².